The molecule has 2 aromatic carbocycles. The van der Waals surface area contributed by atoms with Crippen molar-refractivity contribution >= 4 is 5.97 Å². The lowest BCUT2D eigenvalue weighted by atomic mass is 9.83. The van der Waals surface area contributed by atoms with Crippen LogP contribution in [0.25, 0.3) is 11.1 Å². The number of allylic oxidation sites excluding steroid dienone is 4. The number of aliphatic hydroxyl groups excluding tert-OH is 1. The Bertz CT molecular complexity index is 1510. The van der Waals surface area contributed by atoms with Gasteiger partial charge in [-0.05, 0) is 55.0 Å². The van der Waals surface area contributed by atoms with Gasteiger partial charge >= 0.3 is 5.97 Å². The highest BCUT2D eigenvalue weighted by molar-refractivity contribution is 5.82. The molecule has 3 unspecified atom stereocenters. The number of hydrogen-bond donors (Lipinski definition) is 1. The van der Waals surface area contributed by atoms with Crippen molar-refractivity contribution in [3.05, 3.63) is 119 Å². The molecule has 3 aromatic rings. The van der Waals surface area contributed by atoms with Crippen molar-refractivity contribution in [3.8, 4) is 11.1 Å². The normalized spacial score (nSPS) is 20.7. The predicted octanol–water partition coefficient (Wildman–Crippen LogP) is 8.24. The second kappa shape index (κ2) is 14.4. The Morgan fingerprint density at radius 1 is 1.07 bits per heavy atom. The van der Waals surface area contributed by atoms with Crippen molar-refractivity contribution in [3.63, 3.8) is 0 Å². The van der Waals surface area contributed by atoms with Gasteiger partial charge in [0.2, 0.25) is 0 Å². The van der Waals surface area contributed by atoms with Crippen LogP contribution in [-0.2, 0) is 22.5 Å². The zero-order valence-electron chi connectivity index (χ0n) is 26.3. The number of hydrogen-bond acceptors (Lipinski definition) is 4. The molecule has 2 aliphatic rings. The van der Waals surface area contributed by atoms with Crippen molar-refractivity contribution in [1.29, 1.82) is 0 Å². The molecule has 0 amide bonds. The number of esters is 1. The first-order chi connectivity index (χ1) is 21.2. The average Bonchev–Trinajstić information content (AvgIpc) is 3.35. The quantitative estimate of drug-likeness (QED) is 0.169. The standard InChI is InChI=1S/C38H45FN2O3/c1-26(2)36-35(38(43)40(4)23-12-15-28-13-7-5-8-14-28)34(29-16-9-6-10-17-29)37(32-21-20-30(39)25-27(32)3)41(36)24-22-31-18-11-19-33(42)44-31/h5-11,13-14,16-17,19-21,25-27,31-32,38,43H,12,15,18,22-24H2,1-4H3/t27?,31-,32?,38?/m0/s1. The minimum atomic E-state index is -0.844. The van der Waals surface area contributed by atoms with E-state index in [-0.39, 0.29) is 35.7 Å². The molecule has 44 heavy (non-hydrogen) atoms. The molecule has 0 saturated heterocycles. The molecular formula is C38H45FN2O3. The molecule has 1 aliphatic carbocycles. The molecule has 0 bridgehead atoms. The fourth-order valence-electron chi connectivity index (χ4n) is 6.71. The first kappa shape index (κ1) is 31.7. The average molecular weight is 597 g/mol. The van der Waals surface area contributed by atoms with Crippen LogP contribution in [0.5, 0.6) is 0 Å². The summed E-state index contributed by atoms with van der Waals surface area (Å²) in [5, 5.41) is 12.2. The highest BCUT2D eigenvalue weighted by Gasteiger charge is 2.35. The Kier molecular flexibility index (Phi) is 10.3. The number of halogens is 1. The fourth-order valence-corrected chi connectivity index (χ4v) is 6.71. The number of ether oxygens (including phenoxy) is 1. The van der Waals surface area contributed by atoms with Crippen LogP contribution in [0.2, 0.25) is 0 Å². The van der Waals surface area contributed by atoms with Crippen LogP contribution in [0.15, 0.2) is 96.9 Å². The Balaban J connectivity index is 1.60. The molecular weight excluding hydrogens is 551 g/mol. The summed E-state index contributed by atoms with van der Waals surface area (Å²) in [4.78, 5) is 14.1. The second-order valence-electron chi connectivity index (χ2n) is 12.5. The van der Waals surface area contributed by atoms with Crippen molar-refractivity contribution < 1.29 is 19.0 Å². The first-order valence-corrected chi connectivity index (χ1v) is 15.9. The third-order valence-corrected chi connectivity index (χ3v) is 8.86. The number of carbonyl (C=O) groups is 1. The van der Waals surface area contributed by atoms with Gasteiger partial charge in [0.25, 0.3) is 0 Å². The molecule has 2 heterocycles. The van der Waals surface area contributed by atoms with E-state index in [4.69, 9.17) is 4.74 Å². The molecule has 5 nitrogen and oxygen atoms in total. The summed E-state index contributed by atoms with van der Waals surface area (Å²) >= 11 is 0. The van der Waals surface area contributed by atoms with Gasteiger partial charge in [-0.3, -0.25) is 4.90 Å². The molecule has 0 radical (unpaired) electrons. The summed E-state index contributed by atoms with van der Waals surface area (Å²) in [6, 6.07) is 20.7. The number of nitrogens with zero attached hydrogens (tertiary/aromatic N) is 2. The van der Waals surface area contributed by atoms with Gasteiger partial charge in [0.05, 0.1) is 0 Å². The molecule has 0 spiro atoms. The molecule has 1 N–H and O–H groups in total. The predicted molar refractivity (Wildman–Crippen MR) is 175 cm³/mol. The van der Waals surface area contributed by atoms with E-state index in [0.717, 1.165) is 47.5 Å². The largest absolute Gasteiger partial charge is 0.459 e. The SMILES string of the molecule is CC(C)c1c(C(O)N(C)CCCc2ccccc2)c(-c2ccccc2)c(C2C=CC(F)=CC2C)n1CC[C@@H]1CC=CC(=O)O1. The minimum absolute atomic E-state index is 0.0832. The van der Waals surface area contributed by atoms with Gasteiger partial charge in [0.15, 0.2) is 0 Å². The Labute approximate surface area is 261 Å². The Morgan fingerprint density at radius 2 is 1.77 bits per heavy atom. The zero-order valence-corrected chi connectivity index (χ0v) is 26.3. The van der Waals surface area contributed by atoms with E-state index in [1.165, 1.54) is 11.6 Å². The molecule has 1 aromatic heterocycles. The smallest absolute Gasteiger partial charge is 0.330 e. The zero-order chi connectivity index (χ0) is 31.2. The Hall–Kier alpha value is -3.74. The van der Waals surface area contributed by atoms with Crippen molar-refractivity contribution in [1.82, 2.24) is 9.47 Å². The van der Waals surface area contributed by atoms with E-state index < -0.39 is 6.23 Å². The first-order valence-electron chi connectivity index (χ1n) is 15.9. The van der Waals surface area contributed by atoms with Gasteiger partial charge in [-0.2, -0.15) is 0 Å². The summed E-state index contributed by atoms with van der Waals surface area (Å²) in [6.45, 7) is 7.72. The summed E-state index contributed by atoms with van der Waals surface area (Å²) in [5.74, 6) is -0.615. The lowest BCUT2D eigenvalue weighted by molar-refractivity contribution is -0.144. The van der Waals surface area contributed by atoms with Gasteiger partial charge in [-0.1, -0.05) is 93.6 Å². The topological polar surface area (TPSA) is 54.7 Å². The summed E-state index contributed by atoms with van der Waals surface area (Å²) in [5.41, 5.74) is 6.35. The van der Waals surface area contributed by atoms with E-state index in [0.29, 0.717) is 19.4 Å². The molecule has 4 atom stereocenters. The van der Waals surface area contributed by atoms with E-state index >= 15 is 0 Å². The summed E-state index contributed by atoms with van der Waals surface area (Å²) in [7, 11) is 1.99. The van der Waals surface area contributed by atoms with Crippen LogP contribution in [-0.4, -0.2) is 40.2 Å². The van der Waals surface area contributed by atoms with Crippen LogP contribution in [0.3, 0.4) is 0 Å². The maximum atomic E-state index is 14.4. The van der Waals surface area contributed by atoms with Gasteiger partial charge in [0, 0.05) is 60.4 Å². The highest BCUT2D eigenvalue weighted by atomic mass is 19.1. The molecule has 232 valence electrons. The van der Waals surface area contributed by atoms with Gasteiger partial charge in [-0.15, -0.1) is 0 Å². The lowest BCUT2D eigenvalue weighted by Crippen LogP contribution is -2.27. The van der Waals surface area contributed by atoms with Crippen LogP contribution in [0, 0.1) is 5.92 Å². The molecule has 6 heteroatoms. The minimum Gasteiger partial charge on any atom is -0.459 e. The third kappa shape index (κ3) is 7.14. The van der Waals surface area contributed by atoms with E-state index in [2.05, 4.69) is 61.7 Å². The van der Waals surface area contributed by atoms with Crippen LogP contribution >= 0.6 is 0 Å². The van der Waals surface area contributed by atoms with Crippen molar-refractivity contribution in [2.24, 2.45) is 5.92 Å². The van der Waals surface area contributed by atoms with E-state index in [1.807, 2.05) is 48.4 Å². The lowest BCUT2D eigenvalue weighted by Gasteiger charge is -2.27. The number of rotatable bonds is 12. The molecule has 1 aliphatic heterocycles. The second-order valence-corrected chi connectivity index (χ2v) is 12.5. The number of aromatic nitrogens is 1. The molecule has 0 fully saturated rings. The van der Waals surface area contributed by atoms with Crippen molar-refractivity contribution in [2.45, 2.75) is 77.2 Å². The van der Waals surface area contributed by atoms with Gasteiger partial charge < -0.3 is 14.4 Å². The number of aliphatic hydroxyl groups is 1. The monoisotopic (exact) mass is 596 g/mol. The fraction of sp³-hybridized carbons (Fsp3) is 0.395. The number of cyclic esters (lactones) is 1. The maximum Gasteiger partial charge on any atom is 0.330 e. The van der Waals surface area contributed by atoms with Crippen LogP contribution in [0.4, 0.5) is 4.39 Å². The van der Waals surface area contributed by atoms with Gasteiger partial charge in [0.1, 0.15) is 18.2 Å². The highest BCUT2D eigenvalue weighted by Crippen LogP contribution is 2.47. The third-order valence-electron chi connectivity index (χ3n) is 8.86. The summed E-state index contributed by atoms with van der Waals surface area (Å²) in [6.07, 6.45) is 10.7. The number of aryl methyl sites for hydroxylation is 1. The maximum absolute atomic E-state index is 14.4. The van der Waals surface area contributed by atoms with Crippen LogP contribution < -0.4 is 0 Å². The van der Waals surface area contributed by atoms with Crippen LogP contribution in [0.1, 0.15) is 80.6 Å². The molecule has 0 saturated carbocycles. The van der Waals surface area contributed by atoms with E-state index in [1.54, 1.807) is 12.2 Å². The molecule has 5 rings (SSSR count). The van der Waals surface area contributed by atoms with E-state index in [9.17, 15) is 14.3 Å². The van der Waals surface area contributed by atoms with Gasteiger partial charge in [-0.25, -0.2) is 9.18 Å². The number of carbonyl (C=O) groups excluding carboxylic acids is 1. The Morgan fingerprint density at radius 3 is 2.43 bits per heavy atom. The van der Waals surface area contributed by atoms with Crippen molar-refractivity contribution in [2.75, 3.05) is 13.6 Å². The summed E-state index contributed by atoms with van der Waals surface area (Å²) < 4.78 is 22.4. The number of benzene rings is 2.